The molecule has 5 aromatic carbocycles. The van der Waals surface area contributed by atoms with Gasteiger partial charge in [0.25, 0.3) is 0 Å². The molecule has 0 heterocycles. The van der Waals surface area contributed by atoms with Crippen LogP contribution < -0.4 is 0 Å². The topological polar surface area (TPSA) is 40.5 Å². The van der Waals surface area contributed by atoms with E-state index in [4.69, 9.17) is 0 Å². The Bertz CT molecular complexity index is 1170. The third-order valence-corrected chi connectivity index (χ3v) is 4.85. The minimum absolute atomic E-state index is 0.0503. The fourth-order valence-electron chi connectivity index (χ4n) is 3.74. The third-order valence-electron chi connectivity index (χ3n) is 4.85. The fraction of sp³-hybridized carbons (Fsp3) is 0. The van der Waals surface area contributed by atoms with Gasteiger partial charge in [-0.05, 0) is 32.3 Å². The van der Waals surface area contributed by atoms with Crippen LogP contribution in [0.3, 0.4) is 0 Å². The molecule has 2 nitrogen and oxygen atoms in total. The van der Waals surface area contributed by atoms with Crippen LogP contribution >= 0.6 is 0 Å². The van der Waals surface area contributed by atoms with Gasteiger partial charge in [0.05, 0.1) is 0 Å². The van der Waals surface area contributed by atoms with Crippen molar-refractivity contribution in [1.29, 1.82) is 0 Å². The zero-order valence-electron chi connectivity index (χ0n) is 12.8. The van der Waals surface area contributed by atoms with E-state index in [1.807, 2.05) is 60.7 Å². The first kappa shape index (κ1) is 13.2. The second-order valence-corrected chi connectivity index (χ2v) is 6.12. The molecule has 0 saturated heterocycles. The average Bonchev–Trinajstić information content (AvgIpc) is 2.64. The molecular weight excluding hydrogens is 296 g/mol. The van der Waals surface area contributed by atoms with Crippen LogP contribution in [0.5, 0.6) is 11.5 Å². The largest absolute Gasteiger partial charge is 0.504 e. The molecule has 0 unspecified atom stereocenters. The predicted molar refractivity (Wildman–Crippen MR) is 99.8 cm³/mol. The van der Waals surface area contributed by atoms with Gasteiger partial charge in [0.1, 0.15) is 0 Å². The third kappa shape index (κ3) is 1.60. The van der Waals surface area contributed by atoms with Gasteiger partial charge in [0.2, 0.25) is 0 Å². The molecular formula is C22H14O2. The van der Waals surface area contributed by atoms with Crippen LogP contribution in [0.25, 0.3) is 43.1 Å². The SMILES string of the molecule is Oc1c(O)c2c3ccccc3ccc2c2ccc3ccccc3c12. The van der Waals surface area contributed by atoms with Crippen molar-refractivity contribution in [2.24, 2.45) is 0 Å². The molecule has 114 valence electrons. The van der Waals surface area contributed by atoms with Gasteiger partial charge in [-0.3, -0.25) is 0 Å². The van der Waals surface area contributed by atoms with Crippen molar-refractivity contribution in [3.05, 3.63) is 72.8 Å². The van der Waals surface area contributed by atoms with Gasteiger partial charge in [-0.1, -0.05) is 72.8 Å². The highest BCUT2D eigenvalue weighted by Crippen LogP contribution is 2.46. The van der Waals surface area contributed by atoms with Gasteiger partial charge in [0.15, 0.2) is 11.5 Å². The zero-order valence-corrected chi connectivity index (χ0v) is 12.8. The van der Waals surface area contributed by atoms with Gasteiger partial charge in [-0.25, -0.2) is 0 Å². The van der Waals surface area contributed by atoms with Crippen LogP contribution in [0.15, 0.2) is 72.8 Å². The van der Waals surface area contributed by atoms with Gasteiger partial charge in [0, 0.05) is 10.8 Å². The van der Waals surface area contributed by atoms with E-state index in [-0.39, 0.29) is 11.5 Å². The predicted octanol–water partition coefficient (Wildman–Crippen LogP) is 5.71. The average molecular weight is 310 g/mol. The summed E-state index contributed by atoms with van der Waals surface area (Å²) in [6.07, 6.45) is 0. The Morgan fingerprint density at radius 3 is 1.29 bits per heavy atom. The van der Waals surface area contributed by atoms with Crippen molar-refractivity contribution in [1.82, 2.24) is 0 Å². The van der Waals surface area contributed by atoms with Crippen LogP contribution in [0, 0.1) is 0 Å². The number of fused-ring (bicyclic) bond motifs is 7. The minimum atomic E-state index is -0.0503. The summed E-state index contributed by atoms with van der Waals surface area (Å²) >= 11 is 0. The summed E-state index contributed by atoms with van der Waals surface area (Å²) in [6.45, 7) is 0. The molecule has 2 heteroatoms. The Kier molecular flexibility index (Phi) is 2.54. The molecule has 0 saturated carbocycles. The summed E-state index contributed by atoms with van der Waals surface area (Å²) in [5.41, 5.74) is 0. The molecule has 2 N–H and O–H groups in total. The fourth-order valence-corrected chi connectivity index (χ4v) is 3.74. The molecule has 0 fully saturated rings. The quantitative estimate of drug-likeness (QED) is 0.284. The van der Waals surface area contributed by atoms with Gasteiger partial charge < -0.3 is 10.2 Å². The lowest BCUT2D eigenvalue weighted by molar-refractivity contribution is 0.413. The van der Waals surface area contributed by atoms with Crippen molar-refractivity contribution < 1.29 is 10.2 Å². The number of hydrogen-bond acceptors (Lipinski definition) is 2. The van der Waals surface area contributed by atoms with Crippen LogP contribution in [-0.4, -0.2) is 10.2 Å². The summed E-state index contributed by atoms with van der Waals surface area (Å²) in [5, 5.41) is 28.8. The second kappa shape index (κ2) is 4.62. The molecule has 0 radical (unpaired) electrons. The maximum Gasteiger partial charge on any atom is 0.166 e. The first-order valence-corrected chi connectivity index (χ1v) is 7.92. The van der Waals surface area contributed by atoms with Crippen LogP contribution in [0.2, 0.25) is 0 Å². The summed E-state index contributed by atoms with van der Waals surface area (Å²) in [6, 6.07) is 24.0. The second-order valence-electron chi connectivity index (χ2n) is 6.12. The number of phenols is 2. The van der Waals surface area contributed by atoms with Crippen LogP contribution in [0.1, 0.15) is 0 Å². The lowest BCUT2D eigenvalue weighted by atomic mass is 9.93. The lowest BCUT2D eigenvalue weighted by Crippen LogP contribution is -1.85. The molecule has 0 atom stereocenters. The summed E-state index contributed by atoms with van der Waals surface area (Å²) in [4.78, 5) is 0. The monoisotopic (exact) mass is 310 g/mol. The Balaban J connectivity index is 2.14. The van der Waals surface area contributed by atoms with E-state index >= 15 is 0 Å². The van der Waals surface area contributed by atoms with E-state index in [9.17, 15) is 10.2 Å². The van der Waals surface area contributed by atoms with Crippen molar-refractivity contribution in [2.45, 2.75) is 0 Å². The highest BCUT2D eigenvalue weighted by molar-refractivity contribution is 6.26. The molecule has 24 heavy (non-hydrogen) atoms. The molecule has 0 spiro atoms. The normalized spacial score (nSPS) is 11.7. The molecule has 0 aliphatic rings. The van der Waals surface area contributed by atoms with Crippen LogP contribution in [0.4, 0.5) is 0 Å². The zero-order chi connectivity index (χ0) is 16.3. The molecule has 0 aliphatic heterocycles. The van der Waals surface area contributed by atoms with E-state index in [2.05, 4.69) is 12.1 Å². The molecule has 0 aromatic heterocycles. The maximum absolute atomic E-state index is 10.8. The summed E-state index contributed by atoms with van der Waals surface area (Å²) in [7, 11) is 0. The maximum atomic E-state index is 10.8. The van der Waals surface area contributed by atoms with Gasteiger partial charge in [-0.2, -0.15) is 0 Å². The highest BCUT2D eigenvalue weighted by Gasteiger charge is 2.17. The lowest BCUT2D eigenvalue weighted by Gasteiger charge is -2.13. The number of rotatable bonds is 0. The minimum Gasteiger partial charge on any atom is -0.504 e. The highest BCUT2D eigenvalue weighted by atomic mass is 16.3. The van der Waals surface area contributed by atoms with E-state index in [0.29, 0.717) is 10.8 Å². The Hall–Kier alpha value is -3.26. The molecule has 0 amide bonds. The Morgan fingerprint density at radius 1 is 0.417 bits per heavy atom. The van der Waals surface area contributed by atoms with Crippen LogP contribution in [-0.2, 0) is 0 Å². The van der Waals surface area contributed by atoms with Gasteiger partial charge >= 0.3 is 0 Å². The summed E-state index contributed by atoms with van der Waals surface area (Å²) in [5.74, 6) is -0.101. The number of phenolic OH excluding ortho intramolecular Hbond substituents is 2. The Morgan fingerprint density at radius 2 is 0.833 bits per heavy atom. The molecule has 5 aromatic rings. The van der Waals surface area contributed by atoms with E-state index in [0.717, 1.165) is 32.3 Å². The van der Waals surface area contributed by atoms with Gasteiger partial charge in [-0.15, -0.1) is 0 Å². The van der Waals surface area contributed by atoms with E-state index < -0.39 is 0 Å². The standard InChI is InChI=1S/C22H14O2/c23-21-19-15-7-3-1-5-13(15)9-11-17(19)18-12-10-14-6-2-4-8-16(14)20(18)22(21)24/h1-12,23-24H. The number of hydrogen-bond donors (Lipinski definition) is 2. The summed E-state index contributed by atoms with van der Waals surface area (Å²) < 4.78 is 0. The van der Waals surface area contributed by atoms with E-state index in [1.165, 1.54) is 0 Å². The molecule has 0 bridgehead atoms. The number of benzene rings is 5. The first-order chi connectivity index (χ1) is 11.8. The number of aromatic hydroxyl groups is 2. The first-order valence-electron chi connectivity index (χ1n) is 7.92. The van der Waals surface area contributed by atoms with Crippen molar-refractivity contribution in [2.75, 3.05) is 0 Å². The Labute approximate surface area is 138 Å². The van der Waals surface area contributed by atoms with Crippen molar-refractivity contribution in [3.63, 3.8) is 0 Å². The van der Waals surface area contributed by atoms with Crippen molar-refractivity contribution in [3.8, 4) is 11.5 Å². The molecule has 5 rings (SSSR count). The van der Waals surface area contributed by atoms with E-state index in [1.54, 1.807) is 0 Å². The smallest absolute Gasteiger partial charge is 0.166 e. The molecule has 0 aliphatic carbocycles. The van der Waals surface area contributed by atoms with Crippen molar-refractivity contribution >= 4 is 43.1 Å².